The van der Waals surface area contributed by atoms with Crippen molar-refractivity contribution in [3.8, 4) is 0 Å². The van der Waals surface area contributed by atoms with Gasteiger partial charge in [0.25, 0.3) is 5.91 Å². The lowest BCUT2D eigenvalue weighted by Gasteiger charge is -2.07. The summed E-state index contributed by atoms with van der Waals surface area (Å²) in [7, 11) is 1.51. The Bertz CT molecular complexity index is 643. The molecule has 0 saturated heterocycles. The normalized spacial score (nSPS) is 10.2. The van der Waals surface area contributed by atoms with Gasteiger partial charge in [0.2, 0.25) is 5.91 Å². The van der Waals surface area contributed by atoms with Crippen molar-refractivity contribution in [2.24, 2.45) is 0 Å². The second-order valence-electron chi connectivity index (χ2n) is 3.87. The van der Waals surface area contributed by atoms with E-state index in [1.54, 1.807) is 12.1 Å². The number of benzene rings is 1. The van der Waals surface area contributed by atoms with Gasteiger partial charge in [0.15, 0.2) is 0 Å². The minimum Gasteiger partial charge on any atom is -0.358 e. The zero-order chi connectivity index (χ0) is 13.8. The molecule has 6 heteroatoms. The fourth-order valence-corrected chi connectivity index (χ4v) is 1.88. The van der Waals surface area contributed by atoms with Crippen LogP contribution in [-0.2, 0) is 4.79 Å². The van der Waals surface area contributed by atoms with Crippen LogP contribution in [0.2, 0.25) is 5.15 Å². The second-order valence-corrected chi connectivity index (χ2v) is 4.25. The number of amides is 2. The fraction of sp³-hybridized carbons (Fsp3) is 0.154. The lowest BCUT2D eigenvalue weighted by atomic mass is 10.1. The minimum absolute atomic E-state index is 0.0798. The van der Waals surface area contributed by atoms with E-state index in [1.165, 1.54) is 13.1 Å². The SMILES string of the molecule is CNC(=O)CNC(=O)c1cc(Cl)nc2ccccc12. The van der Waals surface area contributed by atoms with Gasteiger partial charge in [-0.1, -0.05) is 29.8 Å². The van der Waals surface area contributed by atoms with Crippen LogP contribution in [0.3, 0.4) is 0 Å². The van der Waals surface area contributed by atoms with Crippen LogP contribution in [0.25, 0.3) is 10.9 Å². The van der Waals surface area contributed by atoms with E-state index in [4.69, 9.17) is 11.6 Å². The topological polar surface area (TPSA) is 71.1 Å². The molecule has 0 unspecified atom stereocenters. The molecule has 2 aromatic rings. The van der Waals surface area contributed by atoms with Crippen molar-refractivity contribution in [3.05, 3.63) is 41.0 Å². The van der Waals surface area contributed by atoms with Crippen molar-refractivity contribution in [1.29, 1.82) is 0 Å². The smallest absolute Gasteiger partial charge is 0.252 e. The van der Waals surface area contributed by atoms with E-state index >= 15 is 0 Å². The molecular formula is C13H12ClN3O2. The summed E-state index contributed by atoms with van der Waals surface area (Å²) < 4.78 is 0. The Hall–Kier alpha value is -2.14. The first kappa shape index (κ1) is 13.3. The monoisotopic (exact) mass is 277 g/mol. The minimum atomic E-state index is -0.357. The van der Waals surface area contributed by atoms with Crippen LogP contribution in [0.5, 0.6) is 0 Å². The van der Waals surface area contributed by atoms with E-state index in [0.29, 0.717) is 16.5 Å². The molecule has 0 radical (unpaired) electrons. The molecule has 1 heterocycles. The summed E-state index contributed by atoms with van der Waals surface area (Å²) in [5, 5.41) is 5.90. The quantitative estimate of drug-likeness (QED) is 0.832. The van der Waals surface area contributed by atoms with E-state index in [0.717, 1.165) is 0 Å². The summed E-state index contributed by atoms with van der Waals surface area (Å²) in [5.74, 6) is -0.623. The number of pyridine rings is 1. The highest BCUT2D eigenvalue weighted by Gasteiger charge is 2.12. The molecule has 0 saturated carbocycles. The Morgan fingerprint density at radius 1 is 1.32 bits per heavy atom. The number of halogens is 1. The largest absolute Gasteiger partial charge is 0.358 e. The second kappa shape index (κ2) is 5.67. The van der Waals surface area contributed by atoms with Crippen LogP contribution in [-0.4, -0.2) is 30.4 Å². The van der Waals surface area contributed by atoms with Gasteiger partial charge in [-0.3, -0.25) is 9.59 Å². The van der Waals surface area contributed by atoms with Gasteiger partial charge < -0.3 is 10.6 Å². The lowest BCUT2D eigenvalue weighted by molar-refractivity contribution is -0.119. The molecule has 2 rings (SSSR count). The van der Waals surface area contributed by atoms with Crippen LogP contribution in [0.15, 0.2) is 30.3 Å². The maximum Gasteiger partial charge on any atom is 0.252 e. The van der Waals surface area contributed by atoms with Crippen molar-refractivity contribution in [2.75, 3.05) is 13.6 Å². The number of rotatable bonds is 3. The Kier molecular flexibility index (Phi) is 3.97. The molecular weight excluding hydrogens is 266 g/mol. The Morgan fingerprint density at radius 2 is 2.05 bits per heavy atom. The van der Waals surface area contributed by atoms with Crippen LogP contribution < -0.4 is 10.6 Å². The molecule has 0 atom stereocenters. The van der Waals surface area contributed by atoms with Crippen molar-refractivity contribution in [1.82, 2.24) is 15.6 Å². The molecule has 5 nitrogen and oxygen atoms in total. The molecule has 1 aromatic carbocycles. The van der Waals surface area contributed by atoms with Gasteiger partial charge in [-0.05, 0) is 12.1 Å². The fourth-order valence-electron chi connectivity index (χ4n) is 1.68. The zero-order valence-corrected chi connectivity index (χ0v) is 11.0. The highest BCUT2D eigenvalue weighted by molar-refractivity contribution is 6.30. The maximum atomic E-state index is 12.1. The Morgan fingerprint density at radius 3 is 2.79 bits per heavy atom. The van der Waals surface area contributed by atoms with Crippen molar-refractivity contribution in [2.45, 2.75) is 0 Å². The number of hydrogen-bond donors (Lipinski definition) is 2. The highest BCUT2D eigenvalue weighted by atomic mass is 35.5. The molecule has 0 bridgehead atoms. The van der Waals surface area contributed by atoms with Crippen molar-refractivity contribution in [3.63, 3.8) is 0 Å². The van der Waals surface area contributed by atoms with Crippen LogP contribution >= 0.6 is 11.6 Å². The third kappa shape index (κ3) is 3.00. The number of fused-ring (bicyclic) bond motifs is 1. The van der Waals surface area contributed by atoms with Gasteiger partial charge in [0.05, 0.1) is 17.6 Å². The van der Waals surface area contributed by atoms with Gasteiger partial charge in [-0.2, -0.15) is 0 Å². The van der Waals surface area contributed by atoms with Crippen LogP contribution in [0.4, 0.5) is 0 Å². The molecule has 1 aromatic heterocycles. The molecule has 19 heavy (non-hydrogen) atoms. The third-order valence-corrected chi connectivity index (χ3v) is 2.81. The number of nitrogens with zero attached hydrogens (tertiary/aromatic N) is 1. The van der Waals surface area contributed by atoms with E-state index in [2.05, 4.69) is 15.6 Å². The molecule has 0 fully saturated rings. The van der Waals surface area contributed by atoms with Gasteiger partial charge in [0.1, 0.15) is 5.15 Å². The summed E-state index contributed by atoms with van der Waals surface area (Å²) in [6, 6.07) is 8.68. The molecule has 0 aliphatic heterocycles. The maximum absolute atomic E-state index is 12.1. The first-order valence-electron chi connectivity index (χ1n) is 5.66. The Labute approximate surface area is 115 Å². The molecule has 0 aliphatic carbocycles. The number of nitrogens with one attached hydrogen (secondary N) is 2. The summed E-state index contributed by atoms with van der Waals surface area (Å²) in [6.45, 7) is -0.0798. The molecule has 2 N–H and O–H groups in total. The molecule has 2 amide bonds. The van der Waals surface area contributed by atoms with E-state index in [9.17, 15) is 9.59 Å². The third-order valence-electron chi connectivity index (χ3n) is 2.62. The summed E-state index contributed by atoms with van der Waals surface area (Å²) in [4.78, 5) is 27.3. The summed E-state index contributed by atoms with van der Waals surface area (Å²) >= 11 is 5.89. The first-order valence-corrected chi connectivity index (χ1v) is 6.03. The van der Waals surface area contributed by atoms with Gasteiger partial charge in [0, 0.05) is 12.4 Å². The highest BCUT2D eigenvalue weighted by Crippen LogP contribution is 2.20. The van der Waals surface area contributed by atoms with Gasteiger partial charge in [-0.25, -0.2) is 4.98 Å². The van der Waals surface area contributed by atoms with Gasteiger partial charge >= 0.3 is 0 Å². The zero-order valence-electron chi connectivity index (χ0n) is 10.2. The van der Waals surface area contributed by atoms with Crippen molar-refractivity contribution < 1.29 is 9.59 Å². The molecule has 0 spiro atoms. The number of hydrogen-bond acceptors (Lipinski definition) is 3. The standard InChI is InChI=1S/C13H12ClN3O2/c1-15-12(18)7-16-13(19)9-6-11(14)17-10-5-3-2-4-8(9)10/h2-6H,7H2,1H3,(H,15,18)(H,16,19). The Balaban J connectivity index is 2.33. The summed E-state index contributed by atoms with van der Waals surface area (Å²) in [6.07, 6.45) is 0. The predicted molar refractivity (Wildman–Crippen MR) is 73.2 cm³/mol. The van der Waals surface area contributed by atoms with Crippen LogP contribution in [0.1, 0.15) is 10.4 Å². The van der Waals surface area contributed by atoms with E-state index < -0.39 is 0 Å². The average Bonchev–Trinajstić information content (AvgIpc) is 2.43. The van der Waals surface area contributed by atoms with Crippen LogP contribution in [0, 0.1) is 0 Å². The number of carbonyl (C=O) groups is 2. The predicted octanol–water partition coefficient (Wildman–Crippen LogP) is 1.36. The van der Waals surface area contributed by atoms with Gasteiger partial charge in [-0.15, -0.1) is 0 Å². The lowest BCUT2D eigenvalue weighted by Crippen LogP contribution is -2.35. The number of likely N-dealkylation sites (N-methyl/N-ethyl adjacent to an activating group) is 1. The van der Waals surface area contributed by atoms with Crippen molar-refractivity contribution >= 4 is 34.3 Å². The van der Waals surface area contributed by atoms with E-state index in [1.807, 2.05) is 12.1 Å². The van der Waals surface area contributed by atoms with E-state index in [-0.39, 0.29) is 23.5 Å². The summed E-state index contributed by atoms with van der Waals surface area (Å²) in [5.41, 5.74) is 1.04. The number of aromatic nitrogens is 1. The average molecular weight is 278 g/mol. The first-order chi connectivity index (χ1) is 9.11. The number of para-hydroxylation sites is 1. The molecule has 0 aliphatic rings. The molecule has 98 valence electrons. The number of carbonyl (C=O) groups excluding carboxylic acids is 2.